The van der Waals surface area contributed by atoms with Gasteiger partial charge in [-0.2, -0.15) is 0 Å². The van der Waals surface area contributed by atoms with Crippen molar-refractivity contribution in [3.05, 3.63) is 29.3 Å². The Morgan fingerprint density at radius 2 is 2.00 bits per heavy atom. The maximum atomic E-state index is 5.62. The van der Waals surface area contributed by atoms with Gasteiger partial charge in [-0.3, -0.25) is 0 Å². The monoisotopic (exact) mass is 280 g/mol. The molecule has 0 aliphatic carbocycles. The lowest BCUT2D eigenvalue weighted by Crippen LogP contribution is -2.39. The van der Waals surface area contributed by atoms with Crippen LogP contribution in [-0.2, 0) is 15.9 Å². The number of benzene rings is 1. The first-order valence-corrected chi connectivity index (χ1v) is 7.18. The zero-order chi connectivity index (χ0) is 15.0. The average molecular weight is 280 g/mol. The van der Waals surface area contributed by atoms with Crippen molar-refractivity contribution in [2.45, 2.75) is 26.3 Å². The number of nitrogens with two attached hydrogens (primary N) is 1. The minimum Gasteiger partial charge on any atom is -0.383 e. The summed E-state index contributed by atoms with van der Waals surface area (Å²) in [5.74, 6) is 0. The molecule has 0 saturated heterocycles. The maximum absolute atomic E-state index is 5.62. The van der Waals surface area contributed by atoms with Crippen molar-refractivity contribution < 1.29 is 9.47 Å². The molecule has 1 atom stereocenters. The van der Waals surface area contributed by atoms with Crippen LogP contribution in [-0.4, -0.2) is 46.6 Å². The molecule has 0 aliphatic heterocycles. The van der Waals surface area contributed by atoms with E-state index in [2.05, 4.69) is 36.9 Å². The predicted octanol–water partition coefficient (Wildman–Crippen LogP) is 1.98. The minimum absolute atomic E-state index is 0.314. The molecule has 1 rings (SSSR count). The SMILES string of the molecule is COCCN(c1ccc(CCN)cc1C)C(C)COC. The highest BCUT2D eigenvalue weighted by Gasteiger charge is 2.16. The van der Waals surface area contributed by atoms with Crippen molar-refractivity contribution >= 4 is 5.69 Å². The van der Waals surface area contributed by atoms with Gasteiger partial charge in [-0.05, 0) is 44.0 Å². The summed E-state index contributed by atoms with van der Waals surface area (Å²) in [5, 5.41) is 0. The highest BCUT2D eigenvalue weighted by molar-refractivity contribution is 5.55. The van der Waals surface area contributed by atoms with E-state index in [-0.39, 0.29) is 0 Å². The molecule has 2 N–H and O–H groups in total. The summed E-state index contributed by atoms with van der Waals surface area (Å²) < 4.78 is 10.5. The minimum atomic E-state index is 0.314. The molecule has 0 radical (unpaired) electrons. The largest absolute Gasteiger partial charge is 0.383 e. The number of hydrogen-bond acceptors (Lipinski definition) is 4. The van der Waals surface area contributed by atoms with Gasteiger partial charge in [-0.25, -0.2) is 0 Å². The molecule has 114 valence electrons. The Hall–Kier alpha value is -1.10. The summed E-state index contributed by atoms with van der Waals surface area (Å²) in [4.78, 5) is 2.34. The molecule has 0 amide bonds. The van der Waals surface area contributed by atoms with E-state index in [0.717, 1.165) is 13.0 Å². The van der Waals surface area contributed by atoms with Crippen LogP contribution in [0.15, 0.2) is 18.2 Å². The Bertz CT molecular complexity index is 396. The Balaban J connectivity index is 2.94. The molecule has 0 saturated carbocycles. The van der Waals surface area contributed by atoms with Crippen molar-refractivity contribution in [1.29, 1.82) is 0 Å². The molecule has 0 aromatic heterocycles. The molecule has 0 spiro atoms. The van der Waals surface area contributed by atoms with Crippen molar-refractivity contribution in [1.82, 2.24) is 0 Å². The third kappa shape index (κ3) is 4.78. The number of hydrogen-bond donors (Lipinski definition) is 1. The van der Waals surface area contributed by atoms with E-state index in [0.29, 0.717) is 25.8 Å². The van der Waals surface area contributed by atoms with Crippen LogP contribution in [0.25, 0.3) is 0 Å². The molecule has 1 aromatic carbocycles. The van der Waals surface area contributed by atoms with Crippen molar-refractivity contribution in [2.75, 3.05) is 45.4 Å². The van der Waals surface area contributed by atoms with Crippen LogP contribution in [0.3, 0.4) is 0 Å². The second kappa shape index (κ2) is 8.95. The predicted molar refractivity (Wildman–Crippen MR) is 84.5 cm³/mol. The van der Waals surface area contributed by atoms with Crippen LogP contribution >= 0.6 is 0 Å². The van der Waals surface area contributed by atoms with E-state index < -0.39 is 0 Å². The van der Waals surface area contributed by atoms with Crippen molar-refractivity contribution in [2.24, 2.45) is 5.73 Å². The number of aryl methyl sites for hydroxylation is 1. The van der Waals surface area contributed by atoms with Crippen molar-refractivity contribution in [3.63, 3.8) is 0 Å². The molecule has 0 aliphatic rings. The Labute approximate surface area is 122 Å². The summed E-state index contributed by atoms with van der Waals surface area (Å²) in [7, 11) is 3.47. The van der Waals surface area contributed by atoms with E-state index in [4.69, 9.17) is 15.2 Å². The highest BCUT2D eigenvalue weighted by Crippen LogP contribution is 2.23. The lowest BCUT2D eigenvalue weighted by Gasteiger charge is -2.32. The lowest BCUT2D eigenvalue weighted by molar-refractivity contribution is 0.171. The molecular weight excluding hydrogens is 252 g/mol. The number of anilines is 1. The van der Waals surface area contributed by atoms with Gasteiger partial charge in [-0.1, -0.05) is 12.1 Å². The number of rotatable bonds is 9. The quantitative estimate of drug-likeness (QED) is 0.751. The fourth-order valence-corrected chi connectivity index (χ4v) is 2.46. The zero-order valence-corrected chi connectivity index (χ0v) is 13.2. The van der Waals surface area contributed by atoms with Gasteiger partial charge in [0.25, 0.3) is 0 Å². The van der Waals surface area contributed by atoms with Crippen LogP contribution in [0, 0.1) is 6.92 Å². The maximum Gasteiger partial charge on any atom is 0.0663 e. The van der Waals surface area contributed by atoms with E-state index in [1.54, 1.807) is 14.2 Å². The Kier molecular flexibility index (Phi) is 7.59. The van der Waals surface area contributed by atoms with Gasteiger partial charge in [0, 0.05) is 32.5 Å². The fourth-order valence-electron chi connectivity index (χ4n) is 2.46. The van der Waals surface area contributed by atoms with Crippen LogP contribution in [0.1, 0.15) is 18.1 Å². The van der Waals surface area contributed by atoms with E-state index in [1.165, 1.54) is 16.8 Å². The topological polar surface area (TPSA) is 47.7 Å². The van der Waals surface area contributed by atoms with Gasteiger partial charge in [0.1, 0.15) is 0 Å². The van der Waals surface area contributed by atoms with Gasteiger partial charge < -0.3 is 20.1 Å². The highest BCUT2D eigenvalue weighted by atomic mass is 16.5. The van der Waals surface area contributed by atoms with Crippen LogP contribution in [0.5, 0.6) is 0 Å². The second-order valence-electron chi connectivity index (χ2n) is 5.15. The van der Waals surface area contributed by atoms with Gasteiger partial charge >= 0.3 is 0 Å². The zero-order valence-electron chi connectivity index (χ0n) is 13.2. The summed E-state index contributed by atoms with van der Waals surface area (Å²) >= 11 is 0. The fraction of sp³-hybridized carbons (Fsp3) is 0.625. The summed E-state index contributed by atoms with van der Waals surface area (Å²) in [5.41, 5.74) is 9.43. The molecule has 0 bridgehead atoms. The van der Waals surface area contributed by atoms with E-state index in [1.807, 2.05) is 0 Å². The molecule has 4 nitrogen and oxygen atoms in total. The first-order chi connectivity index (χ1) is 9.63. The number of ether oxygens (including phenoxy) is 2. The lowest BCUT2D eigenvalue weighted by atomic mass is 10.1. The molecule has 4 heteroatoms. The molecule has 20 heavy (non-hydrogen) atoms. The first kappa shape index (κ1) is 17.0. The van der Waals surface area contributed by atoms with Crippen LogP contribution in [0.4, 0.5) is 5.69 Å². The summed E-state index contributed by atoms with van der Waals surface area (Å²) in [6.45, 7) is 7.27. The van der Waals surface area contributed by atoms with Gasteiger partial charge in [0.15, 0.2) is 0 Å². The standard InChI is InChI=1S/C16H28N2O2/c1-13-11-15(7-8-17)5-6-16(13)18(9-10-19-3)14(2)12-20-4/h5-6,11,14H,7-10,12,17H2,1-4H3. The average Bonchev–Trinajstić information content (AvgIpc) is 2.42. The molecule has 1 unspecified atom stereocenters. The van der Waals surface area contributed by atoms with Gasteiger partial charge in [-0.15, -0.1) is 0 Å². The number of methoxy groups -OCH3 is 2. The molecule has 1 aromatic rings. The van der Waals surface area contributed by atoms with Gasteiger partial charge in [0.2, 0.25) is 0 Å². The molecule has 0 fully saturated rings. The van der Waals surface area contributed by atoms with E-state index in [9.17, 15) is 0 Å². The van der Waals surface area contributed by atoms with Crippen LogP contribution < -0.4 is 10.6 Å². The second-order valence-corrected chi connectivity index (χ2v) is 5.15. The third-order valence-electron chi connectivity index (χ3n) is 3.48. The van der Waals surface area contributed by atoms with E-state index >= 15 is 0 Å². The van der Waals surface area contributed by atoms with Crippen LogP contribution in [0.2, 0.25) is 0 Å². The molecular formula is C16H28N2O2. The summed E-state index contributed by atoms with van der Waals surface area (Å²) in [6, 6.07) is 6.88. The third-order valence-corrected chi connectivity index (χ3v) is 3.48. The van der Waals surface area contributed by atoms with Crippen molar-refractivity contribution in [3.8, 4) is 0 Å². The molecule has 0 heterocycles. The summed E-state index contributed by atoms with van der Waals surface area (Å²) in [6.07, 6.45) is 0.923. The smallest absolute Gasteiger partial charge is 0.0663 e. The number of nitrogens with zero attached hydrogens (tertiary/aromatic N) is 1. The van der Waals surface area contributed by atoms with Gasteiger partial charge in [0.05, 0.1) is 13.2 Å². The Morgan fingerprint density at radius 1 is 1.25 bits per heavy atom. The normalized spacial score (nSPS) is 12.4. The Morgan fingerprint density at radius 3 is 2.55 bits per heavy atom. The first-order valence-electron chi connectivity index (χ1n) is 7.18.